The van der Waals surface area contributed by atoms with Crippen LogP contribution in [0.1, 0.15) is 5.82 Å². The SMILES string of the molecule is O=c1c2c(-c3ccn[nH]3)ccn2nc(CS)n1-c1ccccc1. The molecule has 0 aliphatic heterocycles. The molecule has 0 amide bonds. The van der Waals surface area contributed by atoms with E-state index in [4.69, 9.17) is 0 Å². The van der Waals surface area contributed by atoms with E-state index in [1.807, 2.05) is 42.5 Å². The Hall–Kier alpha value is -2.80. The predicted molar refractivity (Wildman–Crippen MR) is 91.1 cm³/mol. The number of thiol groups is 1. The Balaban J connectivity index is 2.08. The molecule has 0 aliphatic carbocycles. The third-order valence-electron chi connectivity index (χ3n) is 3.70. The van der Waals surface area contributed by atoms with E-state index in [2.05, 4.69) is 27.9 Å². The van der Waals surface area contributed by atoms with Crippen LogP contribution < -0.4 is 5.56 Å². The molecule has 3 heterocycles. The van der Waals surface area contributed by atoms with Crippen LogP contribution in [0.15, 0.2) is 59.7 Å². The maximum absolute atomic E-state index is 13.1. The van der Waals surface area contributed by atoms with Gasteiger partial charge in [-0.05, 0) is 24.3 Å². The zero-order chi connectivity index (χ0) is 15.8. The van der Waals surface area contributed by atoms with Crippen molar-refractivity contribution in [3.8, 4) is 16.9 Å². The van der Waals surface area contributed by atoms with Crippen LogP contribution in [0.5, 0.6) is 0 Å². The number of fused-ring (bicyclic) bond motifs is 1. The Bertz CT molecular complexity index is 1020. The summed E-state index contributed by atoms with van der Waals surface area (Å²) in [4.78, 5) is 13.1. The van der Waals surface area contributed by atoms with Crippen molar-refractivity contribution in [1.29, 1.82) is 0 Å². The van der Waals surface area contributed by atoms with Gasteiger partial charge in [0.2, 0.25) is 0 Å². The third-order valence-corrected chi connectivity index (χ3v) is 3.98. The van der Waals surface area contributed by atoms with Crippen LogP contribution in [0.3, 0.4) is 0 Å². The summed E-state index contributed by atoms with van der Waals surface area (Å²) in [7, 11) is 0. The smallest absolute Gasteiger partial charge is 0.278 e. The van der Waals surface area contributed by atoms with Crippen LogP contribution in [0.4, 0.5) is 0 Å². The van der Waals surface area contributed by atoms with Gasteiger partial charge in [0.15, 0.2) is 0 Å². The van der Waals surface area contributed by atoms with Gasteiger partial charge >= 0.3 is 0 Å². The monoisotopic (exact) mass is 323 g/mol. The Morgan fingerprint density at radius 1 is 1.13 bits per heavy atom. The molecule has 6 nitrogen and oxygen atoms in total. The molecule has 0 fully saturated rings. The maximum atomic E-state index is 13.1. The van der Waals surface area contributed by atoms with Crippen molar-refractivity contribution in [3.05, 3.63) is 71.0 Å². The van der Waals surface area contributed by atoms with Gasteiger partial charge in [0.25, 0.3) is 5.56 Å². The molecular formula is C16H13N5OS. The summed E-state index contributed by atoms with van der Waals surface area (Å²) < 4.78 is 3.20. The van der Waals surface area contributed by atoms with E-state index in [0.29, 0.717) is 17.1 Å². The fourth-order valence-electron chi connectivity index (χ4n) is 2.68. The lowest BCUT2D eigenvalue weighted by Crippen LogP contribution is -2.26. The minimum atomic E-state index is -0.134. The highest BCUT2D eigenvalue weighted by Gasteiger charge is 2.16. The van der Waals surface area contributed by atoms with Gasteiger partial charge in [0.1, 0.15) is 11.3 Å². The van der Waals surface area contributed by atoms with Crippen molar-refractivity contribution < 1.29 is 0 Å². The first-order valence-electron chi connectivity index (χ1n) is 7.09. The Morgan fingerprint density at radius 3 is 2.65 bits per heavy atom. The van der Waals surface area contributed by atoms with Crippen molar-refractivity contribution in [2.24, 2.45) is 0 Å². The Morgan fingerprint density at radius 2 is 1.96 bits per heavy atom. The number of hydrogen-bond donors (Lipinski definition) is 2. The van der Waals surface area contributed by atoms with Gasteiger partial charge in [0.05, 0.1) is 17.1 Å². The Labute approximate surface area is 136 Å². The minimum Gasteiger partial charge on any atom is -0.278 e. The van der Waals surface area contributed by atoms with Gasteiger partial charge < -0.3 is 0 Å². The summed E-state index contributed by atoms with van der Waals surface area (Å²) in [5.41, 5.74) is 2.70. The largest absolute Gasteiger partial charge is 0.283 e. The molecule has 0 atom stereocenters. The normalized spacial score (nSPS) is 11.2. The molecule has 4 aromatic rings. The van der Waals surface area contributed by atoms with Crippen LogP contribution in [0.25, 0.3) is 22.5 Å². The number of nitrogens with zero attached hydrogens (tertiary/aromatic N) is 4. The number of rotatable bonds is 3. The van der Waals surface area contributed by atoms with E-state index >= 15 is 0 Å². The molecule has 114 valence electrons. The van der Waals surface area contributed by atoms with E-state index < -0.39 is 0 Å². The number of benzene rings is 1. The summed E-state index contributed by atoms with van der Waals surface area (Å²) in [5, 5.41) is 11.4. The first-order chi connectivity index (χ1) is 11.3. The van der Waals surface area contributed by atoms with Crippen LogP contribution >= 0.6 is 12.6 Å². The van der Waals surface area contributed by atoms with Crippen LogP contribution in [0.2, 0.25) is 0 Å². The molecule has 7 heteroatoms. The van der Waals surface area contributed by atoms with Crippen molar-refractivity contribution in [2.45, 2.75) is 5.75 Å². The first kappa shape index (κ1) is 13.8. The van der Waals surface area contributed by atoms with Crippen LogP contribution in [-0.2, 0) is 5.75 Å². The van der Waals surface area contributed by atoms with E-state index in [9.17, 15) is 4.79 Å². The molecule has 0 bridgehead atoms. The first-order valence-corrected chi connectivity index (χ1v) is 7.72. The predicted octanol–water partition coefficient (Wildman–Crippen LogP) is 2.31. The number of aromatic nitrogens is 5. The average Bonchev–Trinajstić information content (AvgIpc) is 3.24. The zero-order valence-corrected chi connectivity index (χ0v) is 12.9. The lowest BCUT2D eigenvalue weighted by molar-refractivity contribution is 0.771. The van der Waals surface area contributed by atoms with E-state index in [0.717, 1.165) is 16.9 Å². The van der Waals surface area contributed by atoms with Crippen molar-refractivity contribution in [1.82, 2.24) is 24.4 Å². The number of para-hydroxylation sites is 1. The molecule has 0 radical (unpaired) electrons. The minimum absolute atomic E-state index is 0.134. The molecule has 23 heavy (non-hydrogen) atoms. The molecule has 0 saturated carbocycles. The van der Waals surface area contributed by atoms with Crippen LogP contribution in [-0.4, -0.2) is 24.4 Å². The Kier molecular flexibility index (Phi) is 3.27. The molecule has 0 aliphatic rings. The van der Waals surface area contributed by atoms with E-state index in [-0.39, 0.29) is 5.56 Å². The number of H-pyrrole nitrogens is 1. The van der Waals surface area contributed by atoms with Gasteiger partial charge in [-0.25, -0.2) is 4.52 Å². The summed E-state index contributed by atoms with van der Waals surface area (Å²) in [6.45, 7) is 0. The molecule has 1 N–H and O–H groups in total. The quantitative estimate of drug-likeness (QED) is 0.569. The molecule has 4 rings (SSSR count). The molecule has 0 unspecified atom stereocenters. The van der Waals surface area contributed by atoms with Gasteiger partial charge in [-0.3, -0.25) is 14.5 Å². The zero-order valence-electron chi connectivity index (χ0n) is 12.0. The van der Waals surface area contributed by atoms with E-state index in [1.165, 1.54) is 0 Å². The molecule has 3 aromatic heterocycles. The topological polar surface area (TPSA) is 68.0 Å². The molecule has 0 spiro atoms. The highest BCUT2D eigenvalue weighted by Crippen LogP contribution is 2.21. The fraction of sp³-hybridized carbons (Fsp3) is 0.0625. The second-order valence-corrected chi connectivity index (χ2v) is 5.36. The van der Waals surface area contributed by atoms with Crippen molar-refractivity contribution >= 4 is 18.1 Å². The van der Waals surface area contributed by atoms with Crippen molar-refractivity contribution in [3.63, 3.8) is 0 Å². The number of aromatic amines is 1. The van der Waals surface area contributed by atoms with Gasteiger partial charge in [-0.1, -0.05) is 18.2 Å². The summed E-state index contributed by atoms with van der Waals surface area (Å²) in [6.07, 6.45) is 3.43. The summed E-state index contributed by atoms with van der Waals surface area (Å²) >= 11 is 4.32. The standard InChI is InChI=1S/C16H13N5OS/c22-16-15-12(13-6-8-17-18-13)7-9-20(15)19-14(10-23)21(16)11-4-2-1-3-5-11/h1-9,23H,10H2,(H,17,18). The molecule has 1 aromatic carbocycles. The lowest BCUT2D eigenvalue weighted by Gasteiger charge is -2.11. The summed E-state index contributed by atoms with van der Waals surface area (Å²) in [6, 6.07) is 13.1. The van der Waals surface area contributed by atoms with Crippen molar-refractivity contribution in [2.75, 3.05) is 0 Å². The lowest BCUT2D eigenvalue weighted by atomic mass is 10.2. The number of hydrogen-bond acceptors (Lipinski definition) is 4. The average molecular weight is 323 g/mol. The fourth-order valence-corrected chi connectivity index (χ4v) is 2.88. The van der Waals surface area contributed by atoms with Crippen LogP contribution in [0, 0.1) is 0 Å². The van der Waals surface area contributed by atoms with Gasteiger partial charge in [-0.15, -0.1) is 0 Å². The second kappa shape index (κ2) is 5.44. The molecule has 0 saturated heterocycles. The highest BCUT2D eigenvalue weighted by molar-refractivity contribution is 7.79. The second-order valence-electron chi connectivity index (χ2n) is 5.04. The highest BCUT2D eigenvalue weighted by atomic mass is 32.1. The van der Waals surface area contributed by atoms with Gasteiger partial charge in [0, 0.05) is 18.0 Å². The van der Waals surface area contributed by atoms with E-state index in [1.54, 1.807) is 21.5 Å². The van der Waals surface area contributed by atoms with Gasteiger partial charge in [-0.2, -0.15) is 22.8 Å². The summed E-state index contributed by atoms with van der Waals surface area (Å²) in [5.74, 6) is 0.946. The third kappa shape index (κ3) is 2.17. The maximum Gasteiger partial charge on any atom is 0.283 e. The molecular weight excluding hydrogens is 310 g/mol. The number of nitrogens with one attached hydrogen (secondary N) is 1.